The van der Waals surface area contributed by atoms with Gasteiger partial charge < -0.3 is 16.2 Å². The molecule has 1 aromatic heterocycles. The van der Waals surface area contributed by atoms with Crippen LogP contribution in [0.5, 0.6) is 0 Å². The van der Waals surface area contributed by atoms with E-state index in [9.17, 15) is 9.59 Å². The average molecular weight is 428 g/mol. The molecule has 26 heavy (non-hydrogen) atoms. The van der Waals surface area contributed by atoms with Crippen molar-refractivity contribution < 1.29 is 51.6 Å². The van der Waals surface area contributed by atoms with Gasteiger partial charge in [-0.05, 0) is 44.2 Å². The van der Waals surface area contributed by atoms with Crippen LogP contribution in [0.2, 0.25) is 0 Å². The molecule has 0 aliphatic rings. The van der Waals surface area contributed by atoms with Crippen molar-refractivity contribution in [3.8, 4) is 23.2 Å². The van der Waals surface area contributed by atoms with Gasteiger partial charge in [0.15, 0.2) is 5.76 Å². The van der Waals surface area contributed by atoms with E-state index in [4.69, 9.17) is 9.26 Å². The monoisotopic (exact) mass is 428 g/mol. The summed E-state index contributed by atoms with van der Waals surface area (Å²) in [6.07, 6.45) is -0.873. The molecule has 0 saturated heterocycles. The number of carbonyl (C=O) groups is 2. The van der Waals surface area contributed by atoms with Crippen molar-refractivity contribution >= 4 is 17.6 Å². The molecule has 1 amide bonds. The number of amides is 1. The Balaban J connectivity index is 0.00000338. The van der Waals surface area contributed by atoms with Gasteiger partial charge >= 0.3 is 6.09 Å². The van der Waals surface area contributed by atoms with Gasteiger partial charge in [0.1, 0.15) is 17.2 Å². The van der Waals surface area contributed by atoms with Crippen molar-refractivity contribution in [1.29, 1.82) is 0 Å². The smallest absolute Gasteiger partial charge is 0.409 e. The quantitative estimate of drug-likeness (QED) is 0.593. The van der Waals surface area contributed by atoms with Crippen LogP contribution in [0.3, 0.4) is 0 Å². The number of hydrogen-bond donors (Lipinski definition) is 1. The van der Waals surface area contributed by atoms with E-state index in [1.54, 1.807) is 38.1 Å². The van der Waals surface area contributed by atoms with Crippen LogP contribution in [0.4, 0.5) is 10.5 Å². The van der Waals surface area contributed by atoms with Crippen LogP contribution in [0.25, 0.3) is 11.3 Å². The normalized spacial score (nSPS) is 10.8. The largest absolute Gasteiger partial charge is 0.479 e. The van der Waals surface area contributed by atoms with Crippen molar-refractivity contribution in [2.24, 2.45) is 0 Å². The zero-order chi connectivity index (χ0) is 18.4. The Kier molecular flexibility index (Phi) is 8.70. The average Bonchev–Trinajstić information content (AvgIpc) is 2.88. The molecule has 0 aliphatic heterocycles. The summed E-state index contributed by atoms with van der Waals surface area (Å²) in [5.41, 5.74) is 2.49. The molecular formula is C19H19N2O4Y-. The Morgan fingerprint density at radius 1 is 1.35 bits per heavy atom. The standard InChI is InChI=1S/C19H19N2O4.Y/c1-12(2)24-19(23)20-17-14(4)21-25-18(17)16-10-8-15(9-11-16)7-5-6-13(3)22;/h8-12H,1,6H2,2-4H3,(H,20,23);/q-1;. The van der Waals surface area contributed by atoms with Crippen LogP contribution in [0.1, 0.15) is 31.5 Å². The number of aryl methyl sites for hydroxylation is 1. The number of ether oxygens (including phenoxy) is 1. The first-order valence-corrected chi connectivity index (χ1v) is 7.72. The van der Waals surface area contributed by atoms with Crippen LogP contribution in [0.15, 0.2) is 28.8 Å². The third-order valence-corrected chi connectivity index (χ3v) is 3.12. The minimum atomic E-state index is -0.623. The van der Waals surface area contributed by atoms with E-state index in [1.807, 2.05) is 0 Å². The molecule has 1 N–H and O–H groups in total. The SMILES string of the molecule is [CH2-]C(C)OC(=O)Nc1c(C)noc1-c1ccc(C#CCC(C)=O)cc1.[Y]. The number of ketones is 1. The second-order valence-corrected chi connectivity index (χ2v) is 5.57. The number of Topliss-reactive ketones (excluding diaryl/α,β-unsaturated/α-hetero) is 1. The zero-order valence-electron chi connectivity index (χ0n) is 15.0. The fraction of sp³-hybridized carbons (Fsp3) is 0.263. The third-order valence-electron chi connectivity index (χ3n) is 3.12. The van der Waals surface area contributed by atoms with E-state index in [0.717, 1.165) is 11.1 Å². The maximum Gasteiger partial charge on any atom is 0.409 e. The predicted octanol–water partition coefficient (Wildman–Crippen LogP) is 3.75. The second-order valence-electron chi connectivity index (χ2n) is 5.57. The second kappa shape index (κ2) is 10.2. The van der Waals surface area contributed by atoms with Crippen LogP contribution in [-0.2, 0) is 42.2 Å². The number of nitrogens with one attached hydrogen (secondary N) is 1. The summed E-state index contributed by atoms with van der Waals surface area (Å²) in [5.74, 6) is 6.17. The molecule has 1 aromatic carbocycles. The van der Waals surface area contributed by atoms with E-state index in [-0.39, 0.29) is 44.9 Å². The van der Waals surface area contributed by atoms with Gasteiger partial charge in [-0.25, -0.2) is 4.79 Å². The number of benzene rings is 1. The number of carbonyl (C=O) groups excluding carboxylic acids is 2. The molecule has 2 rings (SSSR count). The minimum absolute atomic E-state index is 0. The van der Waals surface area contributed by atoms with Crippen LogP contribution in [-0.4, -0.2) is 23.1 Å². The van der Waals surface area contributed by atoms with Crippen molar-refractivity contribution in [1.82, 2.24) is 5.16 Å². The first-order valence-electron chi connectivity index (χ1n) is 7.72. The number of anilines is 1. The van der Waals surface area contributed by atoms with Gasteiger partial charge in [-0.2, -0.15) is 0 Å². The van der Waals surface area contributed by atoms with Gasteiger partial charge in [0, 0.05) is 43.8 Å². The fourth-order valence-electron chi connectivity index (χ4n) is 2.00. The van der Waals surface area contributed by atoms with Gasteiger partial charge in [0.2, 0.25) is 0 Å². The topological polar surface area (TPSA) is 81.4 Å². The number of rotatable bonds is 4. The summed E-state index contributed by atoms with van der Waals surface area (Å²) in [5, 5.41) is 6.52. The molecule has 7 heteroatoms. The molecule has 1 heterocycles. The minimum Gasteiger partial charge on any atom is -0.479 e. The van der Waals surface area contributed by atoms with Gasteiger partial charge in [-0.3, -0.25) is 10.1 Å². The van der Waals surface area contributed by atoms with Crippen LogP contribution in [0, 0.1) is 25.7 Å². The van der Waals surface area contributed by atoms with Crippen molar-refractivity contribution in [3.63, 3.8) is 0 Å². The maximum atomic E-state index is 11.8. The van der Waals surface area contributed by atoms with Gasteiger partial charge in [-0.15, -0.1) is 0 Å². The Hall–Kier alpha value is -1.97. The molecule has 0 aliphatic carbocycles. The molecule has 0 bridgehead atoms. The third kappa shape index (κ3) is 6.40. The van der Waals surface area contributed by atoms with E-state index in [0.29, 0.717) is 17.1 Å². The molecule has 0 saturated carbocycles. The summed E-state index contributed by atoms with van der Waals surface area (Å²) in [6.45, 7) is 8.48. The number of aromatic nitrogens is 1. The molecular weight excluding hydrogens is 409 g/mol. The number of hydrogen-bond acceptors (Lipinski definition) is 5. The molecule has 6 nitrogen and oxygen atoms in total. The summed E-state index contributed by atoms with van der Waals surface area (Å²) in [6, 6.07) is 7.22. The van der Waals surface area contributed by atoms with Crippen molar-refractivity contribution in [3.05, 3.63) is 42.4 Å². The van der Waals surface area contributed by atoms with E-state index >= 15 is 0 Å². The van der Waals surface area contributed by atoms with Crippen molar-refractivity contribution in [2.75, 3.05) is 5.32 Å². The van der Waals surface area contributed by atoms with Gasteiger partial charge in [0.05, 0.1) is 6.42 Å². The molecule has 133 valence electrons. The van der Waals surface area contributed by atoms with E-state index in [1.165, 1.54) is 6.92 Å². The Bertz CT molecular complexity index is 829. The molecule has 0 fully saturated rings. The first kappa shape index (κ1) is 22.1. The van der Waals surface area contributed by atoms with Crippen LogP contribution < -0.4 is 5.32 Å². The van der Waals surface area contributed by atoms with Gasteiger partial charge in [0.25, 0.3) is 0 Å². The summed E-state index contributed by atoms with van der Waals surface area (Å²) in [7, 11) is 0. The zero-order valence-corrected chi connectivity index (χ0v) is 17.8. The van der Waals surface area contributed by atoms with E-state index in [2.05, 4.69) is 29.2 Å². The Morgan fingerprint density at radius 2 is 2.00 bits per heavy atom. The molecule has 1 atom stereocenters. The first-order chi connectivity index (χ1) is 11.9. The summed E-state index contributed by atoms with van der Waals surface area (Å²) >= 11 is 0. The fourth-order valence-corrected chi connectivity index (χ4v) is 2.00. The van der Waals surface area contributed by atoms with Crippen LogP contribution >= 0.6 is 0 Å². The molecule has 1 unspecified atom stereocenters. The summed E-state index contributed by atoms with van der Waals surface area (Å²) in [4.78, 5) is 22.7. The van der Waals surface area contributed by atoms with Gasteiger partial charge in [-0.1, -0.05) is 23.9 Å². The Labute approximate surface area is 177 Å². The maximum absolute atomic E-state index is 11.8. The molecule has 2 aromatic rings. The molecule has 0 spiro atoms. The summed E-state index contributed by atoms with van der Waals surface area (Å²) < 4.78 is 10.3. The van der Waals surface area contributed by atoms with E-state index < -0.39 is 12.2 Å². The van der Waals surface area contributed by atoms with Crippen molar-refractivity contribution in [2.45, 2.75) is 33.3 Å². The number of nitrogens with zero attached hydrogens (tertiary/aromatic N) is 1. The Morgan fingerprint density at radius 3 is 2.58 bits per heavy atom. The predicted molar refractivity (Wildman–Crippen MR) is 93.8 cm³/mol. The molecule has 1 radical (unpaired) electrons.